The smallest absolute Gasteiger partial charge is 0.142 e. The molecule has 1 aromatic carbocycles. The summed E-state index contributed by atoms with van der Waals surface area (Å²) in [7, 11) is 0. The fraction of sp³-hybridized carbons (Fsp3) is 0.100. The summed E-state index contributed by atoms with van der Waals surface area (Å²) in [5.74, 6) is 0. The van der Waals surface area contributed by atoms with E-state index in [-0.39, 0.29) is 0 Å². The van der Waals surface area contributed by atoms with Crippen molar-refractivity contribution < 1.29 is 4.79 Å². The number of hydrogen-bond acceptors (Lipinski definition) is 2. The number of anilines is 1. The molecule has 1 aromatic rings. The minimum Gasteiger partial charge on any atom is -0.398 e. The predicted molar refractivity (Wildman–Crippen MR) is 50.7 cm³/mol. The Morgan fingerprint density at radius 1 is 1.42 bits per heavy atom. The molecule has 0 aliphatic rings. The van der Waals surface area contributed by atoms with Gasteiger partial charge < -0.3 is 5.73 Å². The van der Waals surface area contributed by atoms with Crippen LogP contribution in [0.3, 0.4) is 0 Å². The van der Waals surface area contributed by atoms with E-state index in [9.17, 15) is 4.79 Å². The molecular formula is C10H11NO. The lowest BCUT2D eigenvalue weighted by atomic mass is 10.1. The lowest BCUT2D eigenvalue weighted by Gasteiger charge is -1.99. The van der Waals surface area contributed by atoms with Crippen molar-refractivity contribution in [1.29, 1.82) is 0 Å². The van der Waals surface area contributed by atoms with E-state index in [0.717, 1.165) is 23.1 Å². The molecule has 0 saturated heterocycles. The molecule has 12 heavy (non-hydrogen) atoms. The van der Waals surface area contributed by atoms with E-state index >= 15 is 0 Å². The molecule has 2 nitrogen and oxygen atoms in total. The van der Waals surface area contributed by atoms with Crippen molar-refractivity contribution in [2.45, 2.75) is 6.92 Å². The van der Waals surface area contributed by atoms with Crippen molar-refractivity contribution in [1.82, 2.24) is 0 Å². The highest BCUT2D eigenvalue weighted by molar-refractivity contribution is 5.74. The van der Waals surface area contributed by atoms with Crippen molar-refractivity contribution in [2.24, 2.45) is 0 Å². The average molecular weight is 161 g/mol. The molecule has 0 aromatic heterocycles. The maximum atomic E-state index is 10.0. The Kier molecular flexibility index (Phi) is 2.64. The molecular weight excluding hydrogens is 150 g/mol. The van der Waals surface area contributed by atoms with Crippen LogP contribution in [-0.4, -0.2) is 6.29 Å². The highest BCUT2D eigenvalue weighted by atomic mass is 16.1. The van der Waals surface area contributed by atoms with Crippen molar-refractivity contribution in [2.75, 3.05) is 5.73 Å². The lowest BCUT2D eigenvalue weighted by Crippen LogP contribution is -1.89. The Bertz CT molecular complexity index is 316. The molecule has 62 valence electrons. The van der Waals surface area contributed by atoms with Crippen molar-refractivity contribution in [3.8, 4) is 0 Å². The van der Waals surface area contributed by atoms with Gasteiger partial charge >= 0.3 is 0 Å². The van der Waals surface area contributed by atoms with Gasteiger partial charge in [-0.15, -0.1) is 0 Å². The molecule has 0 aliphatic heterocycles. The Hall–Kier alpha value is -1.57. The van der Waals surface area contributed by atoms with E-state index in [1.165, 1.54) is 6.08 Å². The molecule has 2 heteroatoms. The lowest BCUT2D eigenvalue weighted by molar-refractivity contribution is -0.104. The second-order valence-electron chi connectivity index (χ2n) is 2.61. The van der Waals surface area contributed by atoms with Crippen LogP contribution in [-0.2, 0) is 4.79 Å². The molecule has 0 radical (unpaired) electrons. The summed E-state index contributed by atoms with van der Waals surface area (Å²) in [6.07, 6.45) is 3.92. The van der Waals surface area contributed by atoms with Crippen molar-refractivity contribution >= 4 is 18.0 Å². The molecule has 0 heterocycles. The van der Waals surface area contributed by atoms with Crippen LogP contribution in [0, 0.1) is 6.92 Å². The van der Waals surface area contributed by atoms with Gasteiger partial charge in [-0.2, -0.15) is 0 Å². The minimum atomic E-state index is 0.746. The largest absolute Gasteiger partial charge is 0.398 e. The maximum Gasteiger partial charge on any atom is 0.142 e. The zero-order chi connectivity index (χ0) is 8.97. The average Bonchev–Trinajstić information content (AvgIpc) is 2.07. The maximum absolute atomic E-state index is 10.0. The highest BCUT2D eigenvalue weighted by Gasteiger charge is 1.92. The first-order chi connectivity index (χ1) is 5.74. The summed E-state index contributed by atoms with van der Waals surface area (Å²) >= 11 is 0. The van der Waals surface area contributed by atoms with Crippen LogP contribution in [0.5, 0.6) is 0 Å². The first-order valence-electron chi connectivity index (χ1n) is 3.72. The highest BCUT2D eigenvalue weighted by Crippen LogP contribution is 2.13. The van der Waals surface area contributed by atoms with Crippen molar-refractivity contribution in [3.05, 3.63) is 35.4 Å². The van der Waals surface area contributed by atoms with Crippen LogP contribution in [0.2, 0.25) is 0 Å². The van der Waals surface area contributed by atoms with Crippen molar-refractivity contribution in [3.63, 3.8) is 0 Å². The predicted octanol–water partition coefficient (Wildman–Crippen LogP) is 1.79. The summed E-state index contributed by atoms with van der Waals surface area (Å²) in [4.78, 5) is 10.0. The Balaban J connectivity index is 2.96. The molecule has 0 unspecified atom stereocenters. The van der Waals surface area contributed by atoms with Crippen LogP contribution >= 0.6 is 0 Å². The van der Waals surface area contributed by atoms with Gasteiger partial charge in [-0.3, -0.25) is 4.79 Å². The Morgan fingerprint density at radius 3 is 2.75 bits per heavy atom. The third-order valence-corrected chi connectivity index (χ3v) is 1.67. The van der Waals surface area contributed by atoms with Gasteiger partial charge in [0.2, 0.25) is 0 Å². The zero-order valence-corrected chi connectivity index (χ0v) is 6.95. The first kappa shape index (κ1) is 8.53. The summed E-state index contributed by atoms with van der Waals surface area (Å²) in [5.41, 5.74) is 8.43. The third kappa shape index (κ3) is 1.95. The molecule has 0 amide bonds. The topological polar surface area (TPSA) is 43.1 Å². The van der Waals surface area contributed by atoms with E-state index < -0.39 is 0 Å². The number of rotatable bonds is 2. The molecule has 2 N–H and O–H groups in total. The van der Waals surface area contributed by atoms with E-state index in [1.54, 1.807) is 6.08 Å². The number of benzene rings is 1. The monoisotopic (exact) mass is 161 g/mol. The normalized spacial score (nSPS) is 10.4. The van der Waals surface area contributed by atoms with Gasteiger partial charge in [-0.05, 0) is 30.2 Å². The molecule has 0 fully saturated rings. The quantitative estimate of drug-likeness (QED) is 0.408. The van der Waals surface area contributed by atoms with Crippen LogP contribution in [0.25, 0.3) is 6.08 Å². The molecule has 0 aliphatic carbocycles. The number of hydrogen-bond donors (Lipinski definition) is 1. The standard InChI is InChI=1S/C10H11NO/c1-8-4-5-9(3-2-6-12)7-10(8)11/h2-7H,11H2,1H3. The van der Waals surface area contributed by atoms with Gasteiger partial charge in [0.05, 0.1) is 0 Å². The second-order valence-corrected chi connectivity index (χ2v) is 2.61. The summed E-state index contributed by atoms with van der Waals surface area (Å²) in [6, 6.07) is 5.70. The second kappa shape index (κ2) is 3.72. The molecule has 1 rings (SSSR count). The zero-order valence-electron chi connectivity index (χ0n) is 6.95. The van der Waals surface area contributed by atoms with Gasteiger partial charge in [-0.1, -0.05) is 18.2 Å². The number of allylic oxidation sites excluding steroid dienone is 1. The van der Waals surface area contributed by atoms with Gasteiger partial charge in [0.15, 0.2) is 0 Å². The van der Waals surface area contributed by atoms with Crippen LogP contribution in [0.15, 0.2) is 24.3 Å². The van der Waals surface area contributed by atoms with Crippen LogP contribution < -0.4 is 5.73 Å². The minimum absolute atomic E-state index is 0.746. The van der Waals surface area contributed by atoms with Gasteiger partial charge in [0.25, 0.3) is 0 Å². The summed E-state index contributed by atoms with van der Waals surface area (Å²) in [6.45, 7) is 1.95. The Labute approximate surface area is 71.7 Å². The molecule has 0 spiro atoms. The van der Waals surface area contributed by atoms with Crippen LogP contribution in [0.1, 0.15) is 11.1 Å². The molecule has 0 atom stereocenters. The van der Waals surface area contributed by atoms with Gasteiger partial charge in [-0.25, -0.2) is 0 Å². The molecule has 0 bridgehead atoms. The number of aldehydes is 1. The van der Waals surface area contributed by atoms with Gasteiger partial charge in [0, 0.05) is 5.69 Å². The SMILES string of the molecule is Cc1ccc(C=CC=O)cc1N. The van der Waals surface area contributed by atoms with E-state index in [2.05, 4.69) is 0 Å². The summed E-state index contributed by atoms with van der Waals surface area (Å²) < 4.78 is 0. The molecule has 0 saturated carbocycles. The number of carbonyl (C=O) groups is 1. The van der Waals surface area contributed by atoms with Gasteiger partial charge in [0.1, 0.15) is 6.29 Å². The Morgan fingerprint density at radius 2 is 2.17 bits per heavy atom. The number of carbonyl (C=O) groups excluding carboxylic acids is 1. The fourth-order valence-corrected chi connectivity index (χ4v) is 0.913. The third-order valence-electron chi connectivity index (χ3n) is 1.67. The number of nitrogens with two attached hydrogens (primary N) is 1. The van der Waals surface area contributed by atoms with E-state index in [1.807, 2.05) is 25.1 Å². The number of nitrogen functional groups attached to an aromatic ring is 1. The first-order valence-corrected chi connectivity index (χ1v) is 3.72. The number of aryl methyl sites for hydroxylation is 1. The van der Waals surface area contributed by atoms with Crippen LogP contribution in [0.4, 0.5) is 5.69 Å². The fourth-order valence-electron chi connectivity index (χ4n) is 0.913. The summed E-state index contributed by atoms with van der Waals surface area (Å²) in [5, 5.41) is 0. The van der Waals surface area contributed by atoms with E-state index in [0.29, 0.717) is 0 Å². The van der Waals surface area contributed by atoms with E-state index in [4.69, 9.17) is 5.73 Å².